The van der Waals surface area contributed by atoms with Crippen LogP contribution in [0, 0.1) is 0 Å². The molecule has 134 valence electrons. The number of carbonyl (C=O) groups is 1. The molecule has 25 heavy (non-hydrogen) atoms. The molecule has 0 bridgehead atoms. The van der Waals surface area contributed by atoms with Crippen LogP contribution in [0.3, 0.4) is 0 Å². The molecule has 1 amide bonds. The van der Waals surface area contributed by atoms with Crippen molar-refractivity contribution in [1.82, 2.24) is 10.2 Å². The first-order valence-electron chi connectivity index (χ1n) is 8.26. The Morgan fingerprint density at radius 1 is 1.32 bits per heavy atom. The number of likely N-dealkylation sites (N-methyl/N-ethyl adjacent to an activating group) is 2. The summed E-state index contributed by atoms with van der Waals surface area (Å²) in [6, 6.07) is 8.16. The molecular formula is C20H26N2O2S. The molecule has 1 aliphatic rings. The number of hydrogen-bond acceptors (Lipinski definition) is 4. The minimum atomic E-state index is -0.103. The summed E-state index contributed by atoms with van der Waals surface area (Å²) in [5, 5.41) is 2.59. The summed E-state index contributed by atoms with van der Waals surface area (Å²) in [6.45, 7) is 0.844. The van der Waals surface area contributed by atoms with Gasteiger partial charge in [0.25, 0.3) is 0 Å². The molecule has 1 aromatic carbocycles. The summed E-state index contributed by atoms with van der Waals surface area (Å²) < 4.78 is 6.25. The highest BCUT2D eigenvalue weighted by atomic mass is 32.2. The molecule has 0 saturated heterocycles. The Labute approximate surface area is 154 Å². The van der Waals surface area contributed by atoms with E-state index in [2.05, 4.69) is 54.9 Å². The number of thioether (sulfide) groups is 1. The van der Waals surface area contributed by atoms with Crippen molar-refractivity contribution >= 4 is 17.7 Å². The van der Waals surface area contributed by atoms with E-state index < -0.39 is 0 Å². The highest BCUT2D eigenvalue weighted by Gasteiger charge is 2.21. The van der Waals surface area contributed by atoms with Crippen LogP contribution in [0.4, 0.5) is 0 Å². The van der Waals surface area contributed by atoms with E-state index in [0.717, 1.165) is 24.3 Å². The van der Waals surface area contributed by atoms with Gasteiger partial charge < -0.3 is 15.0 Å². The fraction of sp³-hybridized carbons (Fsp3) is 0.350. The topological polar surface area (TPSA) is 41.6 Å². The van der Waals surface area contributed by atoms with Crippen LogP contribution in [-0.4, -0.2) is 50.9 Å². The number of allylic oxidation sites excluding steroid dienone is 3. The van der Waals surface area contributed by atoms with Gasteiger partial charge in [-0.25, -0.2) is 0 Å². The molecule has 1 atom stereocenters. The van der Waals surface area contributed by atoms with Crippen molar-refractivity contribution in [2.24, 2.45) is 0 Å². The smallest absolute Gasteiger partial charge is 0.243 e. The van der Waals surface area contributed by atoms with Crippen molar-refractivity contribution in [3.8, 4) is 5.75 Å². The molecule has 0 saturated carbocycles. The Hall–Kier alpha value is -1.98. The second kappa shape index (κ2) is 9.49. The molecule has 0 fully saturated rings. The third kappa shape index (κ3) is 6.11. The summed E-state index contributed by atoms with van der Waals surface area (Å²) >= 11 is 1.71. The Bertz CT molecular complexity index is 675. The van der Waals surface area contributed by atoms with E-state index in [4.69, 9.17) is 4.74 Å². The third-order valence-electron chi connectivity index (χ3n) is 3.88. The van der Waals surface area contributed by atoms with E-state index in [1.54, 1.807) is 24.9 Å². The van der Waals surface area contributed by atoms with Gasteiger partial charge in [-0.1, -0.05) is 18.2 Å². The number of rotatable bonds is 7. The Balaban J connectivity index is 2.14. The fourth-order valence-electron chi connectivity index (χ4n) is 2.58. The quantitative estimate of drug-likeness (QED) is 0.600. The average Bonchev–Trinajstić information content (AvgIpc) is 2.61. The number of nitrogens with zero attached hydrogens (tertiary/aromatic N) is 1. The van der Waals surface area contributed by atoms with Crippen molar-refractivity contribution in [3.63, 3.8) is 0 Å². The van der Waals surface area contributed by atoms with Gasteiger partial charge in [0.1, 0.15) is 11.9 Å². The number of carbonyl (C=O) groups excluding carboxylic acids is 1. The van der Waals surface area contributed by atoms with E-state index in [1.807, 2.05) is 18.2 Å². The van der Waals surface area contributed by atoms with E-state index in [0.29, 0.717) is 0 Å². The maximum atomic E-state index is 11.4. The van der Waals surface area contributed by atoms with Gasteiger partial charge >= 0.3 is 0 Å². The van der Waals surface area contributed by atoms with Gasteiger partial charge in [-0.05, 0) is 55.8 Å². The van der Waals surface area contributed by atoms with Crippen LogP contribution in [-0.2, 0) is 4.79 Å². The molecule has 0 radical (unpaired) electrons. The molecule has 0 aliphatic heterocycles. The lowest BCUT2D eigenvalue weighted by Gasteiger charge is -2.27. The fourth-order valence-corrected chi connectivity index (χ4v) is 2.99. The summed E-state index contributed by atoms with van der Waals surface area (Å²) in [4.78, 5) is 14.8. The van der Waals surface area contributed by atoms with Crippen molar-refractivity contribution in [1.29, 1.82) is 0 Å². The van der Waals surface area contributed by atoms with Crippen molar-refractivity contribution in [2.45, 2.75) is 17.4 Å². The zero-order valence-electron chi connectivity index (χ0n) is 15.3. The van der Waals surface area contributed by atoms with Crippen LogP contribution >= 0.6 is 11.8 Å². The minimum Gasteiger partial charge on any atom is -0.486 e. The number of hydrogen-bond donors (Lipinski definition) is 1. The van der Waals surface area contributed by atoms with Crippen LogP contribution < -0.4 is 10.1 Å². The van der Waals surface area contributed by atoms with Crippen LogP contribution in [0.2, 0.25) is 0 Å². The summed E-state index contributed by atoms with van der Waals surface area (Å²) in [5.74, 6) is 0.762. The summed E-state index contributed by atoms with van der Waals surface area (Å²) in [6.07, 6.45) is 10.4. The SMILES string of the molecule is CNC(=O)/C=C/C1=CC=C(CN(C)C)C(Oc2ccc(SC)cc2)C1. The molecule has 1 N–H and O–H groups in total. The standard InChI is InChI=1S/C20H26N2O2S/c1-21-20(23)12-6-15-5-7-16(14-22(2)3)19(13-15)24-17-8-10-18(25-4)11-9-17/h5-12,19H,13-14H2,1-4H3,(H,21,23)/b12-6+. The number of nitrogens with one attached hydrogen (secondary N) is 1. The number of amides is 1. The summed E-state index contributed by atoms with van der Waals surface area (Å²) in [5.41, 5.74) is 2.31. The van der Waals surface area contributed by atoms with Gasteiger partial charge in [-0.15, -0.1) is 11.8 Å². The van der Waals surface area contributed by atoms with Gasteiger partial charge in [0.05, 0.1) is 0 Å². The predicted molar refractivity (Wildman–Crippen MR) is 105 cm³/mol. The van der Waals surface area contributed by atoms with E-state index >= 15 is 0 Å². The lowest BCUT2D eigenvalue weighted by atomic mass is 9.94. The first-order chi connectivity index (χ1) is 12.0. The molecular weight excluding hydrogens is 332 g/mol. The van der Waals surface area contributed by atoms with Crippen molar-refractivity contribution in [2.75, 3.05) is 33.9 Å². The molecule has 4 nitrogen and oxygen atoms in total. The lowest BCUT2D eigenvalue weighted by molar-refractivity contribution is -0.116. The van der Waals surface area contributed by atoms with Crippen LogP contribution in [0.5, 0.6) is 5.75 Å². The molecule has 2 rings (SSSR count). The van der Waals surface area contributed by atoms with Crippen LogP contribution in [0.25, 0.3) is 0 Å². The maximum Gasteiger partial charge on any atom is 0.243 e. The second-order valence-corrected chi connectivity index (χ2v) is 7.03. The summed E-state index contributed by atoms with van der Waals surface area (Å²) in [7, 11) is 5.73. The van der Waals surface area contributed by atoms with Gasteiger partial charge in [0.15, 0.2) is 0 Å². The largest absolute Gasteiger partial charge is 0.486 e. The first kappa shape index (κ1) is 19.3. The van der Waals surface area contributed by atoms with E-state index in [9.17, 15) is 4.79 Å². The Morgan fingerprint density at radius 3 is 2.64 bits per heavy atom. The highest BCUT2D eigenvalue weighted by molar-refractivity contribution is 7.98. The molecule has 0 spiro atoms. The normalized spacial score (nSPS) is 17.4. The zero-order chi connectivity index (χ0) is 18.2. The maximum absolute atomic E-state index is 11.4. The zero-order valence-corrected chi connectivity index (χ0v) is 16.1. The number of benzene rings is 1. The monoisotopic (exact) mass is 358 g/mol. The number of ether oxygens (including phenoxy) is 1. The molecule has 1 unspecified atom stereocenters. The third-order valence-corrected chi connectivity index (χ3v) is 4.62. The molecule has 0 heterocycles. The molecule has 1 aliphatic carbocycles. The first-order valence-corrected chi connectivity index (χ1v) is 9.49. The van der Waals surface area contributed by atoms with Crippen LogP contribution in [0.15, 0.2) is 64.6 Å². The molecule has 0 aromatic heterocycles. The van der Waals surface area contributed by atoms with Crippen molar-refractivity contribution < 1.29 is 9.53 Å². The molecule has 1 aromatic rings. The van der Waals surface area contributed by atoms with Gasteiger partial charge in [-0.2, -0.15) is 0 Å². The van der Waals surface area contributed by atoms with Gasteiger partial charge in [0, 0.05) is 31.0 Å². The van der Waals surface area contributed by atoms with Crippen LogP contribution in [0.1, 0.15) is 6.42 Å². The second-order valence-electron chi connectivity index (χ2n) is 6.15. The van der Waals surface area contributed by atoms with Gasteiger partial charge in [-0.3, -0.25) is 4.79 Å². The lowest BCUT2D eigenvalue weighted by Crippen LogP contribution is -2.29. The Morgan fingerprint density at radius 2 is 2.04 bits per heavy atom. The minimum absolute atomic E-state index is 0.0307. The average molecular weight is 359 g/mol. The van der Waals surface area contributed by atoms with Crippen molar-refractivity contribution in [3.05, 3.63) is 59.7 Å². The van der Waals surface area contributed by atoms with E-state index in [-0.39, 0.29) is 12.0 Å². The molecule has 5 heteroatoms. The van der Waals surface area contributed by atoms with E-state index in [1.165, 1.54) is 10.5 Å². The predicted octanol–water partition coefficient (Wildman–Crippen LogP) is 3.28. The van der Waals surface area contributed by atoms with Gasteiger partial charge in [0.2, 0.25) is 5.91 Å². The highest BCUT2D eigenvalue weighted by Crippen LogP contribution is 2.27. The Kier molecular flexibility index (Phi) is 7.34.